The van der Waals surface area contributed by atoms with Crippen molar-refractivity contribution in [3.05, 3.63) is 101 Å². The largest absolute Gasteiger partial charge is 0.312 e. The number of piperazine rings is 1. The molecule has 0 spiro atoms. The molecular weight excluding hydrogens is 456 g/mol. The standard InChI is InChI=1S/C28H28N4O2S/c33-35(34,27-12-6-10-23-9-4-5-11-24(23)27)28-19-29-26-13-14-32(21-25(26)28)31-17-15-30(16-18-31)20-22-7-2-1-3-8-22/h1-12,19,21H,13-18,20H2. The van der Waals surface area contributed by atoms with Crippen LogP contribution in [0.15, 0.2) is 106 Å². The Labute approximate surface area is 206 Å². The first-order valence-electron chi connectivity index (χ1n) is 12.1. The summed E-state index contributed by atoms with van der Waals surface area (Å²) in [6.45, 7) is 5.56. The highest BCUT2D eigenvalue weighted by atomic mass is 32.2. The Morgan fingerprint density at radius 2 is 1.54 bits per heavy atom. The monoisotopic (exact) mass is 484 g/mol. The van der Waals surface area contributed by atoms with Crippen molar-refractivity contribution < 1.29 is 8.42 Å². The molecule has 0 atom stereocenters. The molecule has 3 aromatic rings. The third-order valence-corrected chi connectivity index (χ3v) is 8.90. The van der Waals surface area contributed by atoms with Gasteiger partial charge in [-0.25, -0.2) is 13.4 Å². The number of fused-ring (bicyclic) bond motifs is 2. The number of nitrogens with zero attached hydrogens (tertiary/aromatic N) is 4. The highest BCUT2D eigenvalue weighted by Gasteiger charge is 2.34. The van der Waals surface area contributed by atoms with Gasteiger partial charge in [-0.1, -0.05) is 66.7 Å². The average Bonchev–Trinajstić information content (AvgIpc) is 3.34. The molecule has 3 heterocycles. The van der Waals surface area contributed by atoms with Crippen LogP contribution in [-0.4, -0.2) is 61.8 Å². The van der Waals surface area contributed by atoms with Gasteiger partial charge in [-0.05, 0) is 17.0 Å². The lowest BCUT2D eigenvalue weighted by molar-refractivity contribution is -0.0226. The minimum absolute atomic E-state index is 0.302. The van der Waals surface area contributed by atoms with Crippen molar-refractivity contribution in [3.8, 4) is 0 Å². The van der Waals surface area contributed by atoms with Gasteiger partial charge in [-0.2, -0.15) is 0 Å². The number of allylic oxidation sites excluding steroid dienone is 1. The predicted octanol–water partition coefficient (Wildman–Crippen LogP) is 4.23. The zero-order chi connectivity index (χ0) is 23.8. The molecule has 0 radical (unpaired) electrons. The van der Waals surface area contributed by atoms with Gasteiger partial charge in [0, 0.05) is 69.0 Å². The topological polar surface area (TPSA) is 56.2 Å². The number of benzene rings is 3. The summed E-state index contributed by atoms with van der Waals surface area (Å²) in [5, 5.41) is 6.20. The van der Waals surface area contributed by atoms with E-state index in [1.54, 1.807) is 12.3 Å². The molecule has 3 aliphatic rings. The van der Waals surface area contributed by atoms with E-state index in [9.17, 15) is 8.42 Å². The molecule has 0 N–H and O–H groups in total. The van der Waals surface area contributed by atoms with Crippen LogP contribution in [0.4, 0.5) is 0 Å². The molecule has 0 unspecified atom stereocenters. The number of sulfone groups is 1. The fourth-order valence-electron chi connectivity index (χ4n) is 5.17. The lowest BCUT2D eigenvalue weighted by atomic mass is 10.1. The predicted molar refractivity (Wildman–Crippen MR) is 139 cm³/mol. The second kappa shape index (κ2) is 9.07. The first-order valence-corrected chi connectivity index (χ1v) is 13.6. The van der Waals surface area contributed by atoms with Gasteiger partial charge < -0.3 is 5.01 Å². The number of hydrazine groups is 1. The Morgan fingerprint density at radius 3 is 2.37 bits per heavy atom. The van der Waals surface area contributed by atoms with Crippen molar-refractivity contribution >= 4 is 26.3 Å². The fraction of sp³-hybridized carbons (Fsp3) is 0.250. The van der Waals surface area contributed by atoms with E-state index in [2.05, 4.69) is 50.2 Å². The van der Waals surface area contributed by atoms with Gasteiger partial charge >= 0.3 is 0 Å². The molecule has 0 bridgehead atoms. The van der Waals surface area contributed by atoms with Gasteiger partial charge in [0.25, 0.3) is 0 Å². The molecule has 3 aromatic carbocycles. The molecule has 6 rings (SSSR count). The average molecular weight is 485 g/mol. The molecule has 3 aliphatic heterocycles. The van der Waals surface area contributed by atoms with E-state index in [-0.39, 0.29) is 0 Å². The SMILES string of the molecule is O=S(=O)(C1=CN=C2CCN(N3CCN(Cc4ccccc4)CC3)C=C12)c1cccc2ccccc12. The maximum Gasteiger partial charge on any atom is 0.209 e. The molecule has 7 heteroatoms. The van der Waals surface area contributed by atoms with Crippen molar-refractivity contribution in [1.82, 2.24) is 14.9 Å². The molecule has 0 aromatic heterocycles. The summed E-state index contributed by atoms with van der Waals surface area (Å²) < 4.78 is 27.6. The smallest absolute Gasteiger partial charge is 0.209 e. The van der Waals surface area contributed by atoms with Gasteiger partial charge in [0.15, 0.2) is 0 Å². The summed E-state index contributed by atoms with van der Waals surface area (Å²) in [4.78, 5) is 7.62. The summed E-state index contributed by atoms with van der Waals surface area (Å²) in [6.07, 6.45) is 4.28. The minimum atomic E-state index is -3.71. The zero-order valence-corrected chi connectivity index (χ0v) is 20.4. The van der Waals surface area contributed by atoms with Gasteiger partial charge in [-0.3, -0.25) is 9.89 Å². The van der Waals surface area contributed by atoms with E-state index in [1.807, 2.05) is 42.6 Å². The van der Waals surface area contributed by atoms with E-state index in [0.717, 1.165) is 67.7 Å². The molecule has 6 nitrogen and oxygen atoms in total. The number of hydrogen-bond donors (Lipinski definition) is 0. The van der Waals surface area contributed by atoms with Crippen LogP contribution < -0.4 is 0 Å². The summed E-state index contributed by atoms with van der Waals surface area (Å²) >= 11 is 0. The van der Waals surface area contributed by atoms with Gasteiger partial charge in [0.1, 0.15) is 4.91 Å². The number of aliphatic imine (C=N–C) groups is 1. The Kier molecular flexibility index (Phi) is 5.76. The highest BCUT2D eigenvalue weighted by molar-refractivity contribution is 7.95. The quantitative estimate of drug-likeness (QED) is 0.543. The Bertz CT molecular complexity index is 1450. The summed E-state index contributed by atoms with van der Waals surface area (Å²) in [7, 11) is -3.71. The lowest BCUT2D eigenvalue weighted by Gasteiger charge is -2.42. The number of hydrogen-bond acceptors (Lipinski definition) is 6. The van der Waals surface area contributed by atoms with Crippen LogP contribution >= 0.6 is 0 Å². The first kappa shape index (κ1) is 22.2. The fourth-order valence-corrected chi connectivity index (χ4v) is 6.79. The third kappa shape index (κ3) is 4.20. The molecular formula is C28H28N4O2S. The van der Waals surface area contributed by atoms with Crippen LogP contribution in [-0.2, 0) is 16.4 Å². The molecule has 1 saturated heterocycles. The maximum absolute atomic E-state index is 13.8. The molecule has 35 heavy (non-hydrogen) atoms. The van der Waals surface area contributed by atoms with E-state index in [1.165, 1.54) is 5.56 Å². The molecule has 0 aliphatic carbocycles. The van der Waals surface area contributed by atoms with Crippen molar-refractivity contribution in [2.45, 2.75) is 17.9 Å². The lowest BCUT2D eigenvalue weighted by Crippen LogP contribution is -2.53. The minimum Gasteiger partial charge on any atom is -0.312 e. The molecule has 1 fully saturated rings. The van der Waals surface area contributed by atoms with Crippen molar-refractivity contribution in [3.63, 3.8) is 0 Å². The van der Waals surface area contributed by atoms with Crippen LogP contribution in [0, 0.1) is 0 Å². The van der Waals surface area contributed by atoms with Gasteiger partial charge in [0.05, 0.1) is 10.6 Å². The molecule has 0 amide bonds. The van der Waals surface area contributed by atoms with Crippen LogP contribution in [0.2, 0.25) is 0 Å². The highest BCUT2D eigenvalue weighted by Crippen LogP contribution is 2.36. The number of rotatable bonds is 5. The second-order valence-electron chi connectivity index (χ2n) is 9.22. The summed E-state index contributed by atoms with van der Waals surface area (Å²) in [6, 6.07) is 23.6. The summed E-state index contributed by atoms with van der Waals surface area (Å²) in [5.74, 6) is 0. The van der Waals surface area contributed by atoms with E-state index >= 15 is 0 Å². The van der Waals surface area contributed by atoms with Crippen LogP contribution in [0.25, 0.3) is 10.8 Å². The van der Waals surface area contributed by atoms with Gasteiger partial charge in [-0.15, -0.1) is 0 Å². The Balaban J connectivity index is 1.21. The first-order chi connectivity index (χ1) is 17.1. The van der Waals surface area contributed by atoms with E-state index < -0.39 is 9.84 Å². The molecule has 0 saturated carbocycles. The maximum atomic E-state index is 13.8. The zero-order valence-electron chi connectivity index (χ0n) is 19.5. The third-order valence-electron chi connectivity index (χ3n) is 7.06. The Morgan fingerprint density at radius 1 is 0.800 bits per heavy atom. The van der Waals surface area contributed by atoms with Crippen molar-refractivity contribution in [2.75, 3.05) is 32.7 Å². The molecule has 178 valence electrons. The van der Waals surface area contributed by atoms with Gasteiger partial charge in [0.2, 0.25) is 9.84 Å². The van der Waals surface area contributed by atoms with Crippen molar-refractivity contribution in [2.24, 2.45) is 4.99 Å². The Hall–Kier alpha value is -3.26. The van der Waals surface area contributed by atoms with E-state index in [0.29, 0.717) is 9.80 Å². The van der Waals surface area contributed by atoms with Crippen LogP contribution in [0.3, 0.4) is 0 Å². The van der Waals surface area contributed by atoms with Crippen LogP contribution in [0.1, 0.15) is 12.0 Å². The van der Waals surface area contributed by atoms with E-state index in [4.69, 9.17) is 0 Å². The summed E-state index contributed by atoms with van der Waals surface area (Å²) in [5.41, 5.74) is 2.93. The van der Waals surface area contributed by atoms with Crippen LogP contribution in [0.5, 0.6) is 0 Å². The second-order valence-corrected chi connectivity index (χ2v) is 11.1. The van der Waals surface area contributed by atoms with Crippen molar-refractivity contribution in [1.29, 1.82) is 0 Å². The normalized spacial score (nSPS) is 19.3.